The van der Waals surface area contributed by atoms with Crippen LogP contribution >= 0.6 is 23.2 Å². The van der Waals surface area contributed by atoms with Gasteiger partial charge >= 0.3 is 5.97 Å². The average molecular weight is 606 g/mol. The molecule has 1 aliphatic carbocycles. The van der Waals surface area contributed by atoms with Crippen LogP contribution in [-0.4, -0.2) is 49.3 Å². The normalized spacial score (nSPS) is 20.0. The molecule has 41 heavy (non-hydrogen) atoms. The first-order valence-electron chi connectivity index (χ1n) is 13.0. The fourth-order valence-corrected chi connectivity index (χ4v) is 5.77. The van der Waals surface area contributed by atoms with E-state index in [1.165, 1.54) is 7.11 Å². The van der Waals surface area contributed by atoms with Crippen molar-refractivity contribution in [3.63, 3.8) is 0 Å². The molecule has 10 nitrogen and oxygen atoms in total. The molecule has 0 saturated heterocycles. The van der Waals surface area contributed by atoms with Crippen molar-refractivity contribution in [3.8, 4) is 0 Å². The summed E-state index contributed by atoms with van der Waals surface area (Å²) in [5, 5.41) is 8.54. The van der Waals surface area contributed by atoms with Crippen LogP contribution in [-0.2, 0) is 30.3 Å². The minimum absolute atomic E-state index is 0.131. The SMILES string of the molecule is COC(=O)C(Cc1ccc(NC(=O)c2c(Cl)cccc2Cl)cc1)NC(=O)C1CCC(C)(C(=O)NCC(N)=O)C1(C)C. The Kier molecular flexibility index (Phi) is 10.0. The largest absolute Gasteiger partial charge is 0.467 e. The van der Waals surface area contributed by atoms with E-state index in [1.807, 2.05) is 13.8 Å². The molecule has 220 valence electrons. The van der Waals surface area contributed by atoms with Gasteiger partial charge in [-0.3, -0.25) is 19.2 Å². The van der Waals surface area contributed by atoms with E-state index < -0.39 is 40.6 Å². The van der Waals surface area contributed by atoms with Crippen LogP contribution in [0.4, 0.5) is 5.69 Å². The first kappa shape index (κ1) is 31.9. The summed E-state index contributed by atoms with van der Waals surface area (Å²) in [6.45, 7) is 5.12. The highest BCUT2D eigenvalue weighted by Gasteiger charge is 2.58. The number of rotatable bonds is 10. The number of primary amides is 1. The third-order valence-corrected chi connectivity index (χ3v) is 8.74. The summed E-state index contributed by atoms with van der Waals surface area (Å²) in [6, 6.07) is 10.5. The van der Waals surface area contributed by atoms with Crippen molar-refractivity contribution in [2.45, 2.75) is 46.1 Å². The minimum atomic E-state index is -0.985. The number of methoxy groups -OCH3 is 1. The molecular formula is C29H34Cl2N4O6. The Morgan fingerprint density at radius 3 is 2.20 bits per heavy atom. The van der Waals surface area contributed by atoms with Gasteiger partial charge < -0.3 is 26.4 Å². The Balaban J connectivity index is 1.70. The zero-order valence-corrected chi connectivity index (χ0v) is 24.8. The Bertz CT molecular complexity index is 1330. The predicted molar refractivity (Wildman–Crippen MR) is 155 cm³/mol. The molecule has 2 aromatic carbocycles. The number of benzene rings is 2. The highest BCUT2D eigenvalue weighted by Crippen LogP contribution is 2.56. The topological polar surface area (TPSA) is 157 Å². The van der Waals surface area contributed by atoms with Gasteiger partial charge in [0.05, 0.1) is 34.7 Å². The number of anilines is 1. The minimum Gasteiger partial charge on any atom is -0.467 e. The number of nitrogens with two attached hydrogens (primary N) is 1. The van der Waals surface area contributed by atoms with Crippen LogP contribution < -0.4 is 21.7 Å². The summed E-state index contributed by atoms with van der Waals surface area (Å²) in [7, 11) is 1.24. The number of ether oxygens (including phenoxy) is 1. The number of carbonyl (C=O) groups excluding carboxylic acids is 5. The summed E-state index contributed by atoms with van der Waals surface area (Å²) >= 11 is 12.2. The van der Waals surface area contributed by atoms with Gasteiger partial charge in [-0.25, -0.2) is 4.79 Å². The summed E-state index contributed by atoms with van der Waals surface area (Å²) in [4.78, 5) is 62.8. The molecule has 1 fully saturated rings. The lowest BCUT2D eigenvalue weighted by Gasteiger charge is -2.40. The molecular weight excluding hydrogens is 571 g/mol. The average Bonchev–Trinajstić information content (AvgIpc) is 3.16. The molecule has 0 bridgehead atoms. The lowest BCUT2D eigenvalue weighted by Crippen LogP contribution is -2.52. The number of amides is 4. The Morgan fingerprint density at radius 1 is 1.02 bits per heavy atom. The van der Waals surface area contributed by atoms with E-state index in [1.54, 1.807) is 49.4 Å². The van der Waals surface area contributed by atoms with Gasteiger partial charge in [0.2, 0.25) is 17.7 Å². The maximum atomic E-state index is 13.4. The molecule has 0 aliphatic heterocycles. The van der Waals surface area contributed by atoms with Crippen molar-refractivity contribution in [1.82, 2.24) is 10.6 Å². The molecule has 0 spiro atoms. The molecule has 0 radical (unpaired) electrons. The second-order valence-corrected chi connectivity index (χ2v) is 11.6. The molecule has 1 saturated carbocycles. The van der Waals surface area contributed by atoms with Crippen LogP contribution in [0.1, 0.15) is 49.5 Å². The van der Waals surface area contributed by atoms with Crippen LogP contribution in [0.2, 0.25) is 10.0 Å². The van der Waals surface area contributed by atoms with Crippen LogP contribution in [0.5, 0.6) is 0 Å². The third kappa shape index (κ3) is 7.00. The van der Waals surface area contributed by atoms with Crippen molar-refractivity contribution in [2.24, 2.45) is 22.5 Å². The van der Waals surface area contributed by atoms with Gasteiger partial charge in [-0.2, -0.15) is 0 Å². The fraction of sp³-hybridized carbons (Fsp3) is 0.414. The first-order chi connectivity index (χ1) is 19.2. The van der Waals surface area contributed by atoms with Crippen molar-refractivity contribution in [1.29, 1.82) is 0 Å². The first-order valence-corrected chi connectivity index (χ1v) is 13.8. The molecule has 4 amide bonds. The standard InChI is InChI=1S/C29H34Cl2N4O6/c1-28(2)18(12-13-29(28,3)27(40)33-15-22(32)36)24(37)35-21(26(39)41-4)14-16-8-10-17(11-9-16)34-25(38)23-19(30)6-5-7-20(23)31/h5-11,18,21H,12-15H2,1-4H3,(H2,32,36)(H,33,40)(H,34,38)(H,35,37). The monoisotopic (exact) mass is 604 g/mol. The molecule has 2 aromatic rings. The summed E-state index contributed by atoms with van der Waals surface area (Å²) in [5.74, 6) is -3.06. The highest BCUT2D eigenvalue weighted by atomic mass is 35.5. The van der Waals surface area contributed by atoms with Gasteiger partial charge in [-0.1, -0.05) is 62.2 Å². The van der Waals surface area contributed by atoms with E-state index in [0.717, 1.165) is 0 Å². The molecule has 0 aromatic heterocycles. The summed E-state index contributed by atoms with van der Waals surface area (Å²) < 4.78 is 4.94. The van der Waals surface area contributed by atoms with Gasteiger partial charge in [-0.05, 0) is 48.1 Å². The third-order valence-electron chi connectivity index (χ3n) is 8.11. The molecule has 3 rings (SSSR count). The van der Waals surface area contributed by atoms with E-state index in [2.05, 4.69) is 16.0 Å². The smallest absolute Gasteiger partial charge is 0.328 e. The van der Waals surface area contributed by atoms with Crippen LogP contribution in [0.3, 0.4) is 0 Å². The fourth-order valence-electron chi connectivity index (χ4n) is 5.20. The van der Waals surface area contributed by atoms with E-state index in [0.29, 0.717) is 24.1 Å². The van der Waals surface area contributed by atoms with Gasteiger partial charge in [-0.15, -0.1) is 0 Å². The van der Waals surface area contributed by atoms with Crippen molar-refractivity contribution in [3.05, 3.63) is 63.6 Å². The lowest BCUT2D eigenvalue weighted by atomic mass is 9.65. The van der Waals surface area contributed by atoms with Gasteiger partial charge in [0.15, 0.2) is 0 Å². The van der Waals surface area contributed by atoms with E-state index >= 15 is 0 Å². The van der Waals surface area contributed by atoms with Gasteiger partial charge in [0.1, 0.15) is 6.04 Å². The van der Waals surface area contributed by atoms with Gasteiger partial charge in [0.25, 0.3) is 5.91 Å². The van der Waals surface area contributed by atoms with E-state index in [4.69, 9.17) is 33.7 Å². The zero-order chi connectivity index (χ0) is 30.5. The number of hydrogen-bond acceptors (Lipinski definition) is 6. The van der Waals surface area contributed by atoms with Crippen LogP contribution in [0.15, 0.2) is 42.5 Å². The Morgan fingerprint density at radius 2 is 1.63 bits per heavy atom. The maximum Gasteiger partial charge on any atom is 0.328 e. The lowest BCUT2D eigenvalue weighted by molar-refractivity contribution is -0.147. The molecule has 1 aliphatic rings. The molecule has 3 atom stereocenters. The maximum absolute atomic E-state index is 13.4. The quantitative estimate of drug-likeness (QED) is 0.304. The number of halogens is 2. The van der Waals surface area contributed by atoms with Crippen molar-refractivity contribution < 1.29 is 28.7 Å². The van der Waals surface area contributed by atoms with E-state index in [9.17, 15) is 24.0 Å². The molecule has 3 unspecified atom stereocenters. The van der Waals surface area contributed by atoms with Crippen molar-refractivity contribution in [2.75, 3.05) is 19.0 Å². The van der Waals surface area contributed by atoms with Crippen LogP contribution in [0.25, 0.3) is 0 Å². The van der Waals surface area contributed by atoms with Crippen LogP contribution in [0, 0.1) is 16.7 Å². The second-order valence-electron chi connectivity index (χ2n) is 10.8. The molecule has 12 heteroatoms. The van der Waals surface area contributed by atoms with E-state index in [-0.39, 0.29) is 40.4 Å². The zero-order valence-electron chi connectivity index (χ0n) is 23.3. The van der Waals surface area contributed by atoms with Gasteiger partial charge in [0, 0.05) is 18.0 Å². The Labute approximate surface area is 248 Å². The molecule has 0 heterocycles. The summed E-state index contributed by atoms with van der Waals surface area (Å²) in [5.41, 5.74) is 4.78. The predicted octanol–water partition coefficient (Wildman–Crippen LogP) is 3.49. The van der Waals surface area contributed by atoms with Crippen molar-refractivity contribution >= 4 is 58.5 Å². The molecule has 5 N–H and O–H groups in total. The number of nitrogens with one attached hydrogen (secondary N) is 3. The number of carbonyl (C=O) groups is 5. The number of esters is 1. The number of hydrogen-bond donors (Lipinski definition) is 4. The Hall–Kier alpha value is -3.63. The highest BCUT2D eigenvalue weighted by molar-refractivity contribution is 6.40. The second kappa shape index (κ2) is 12.9. The summed E-state index contributed by atoms with van der Waals surface area (Å²) in [6.07, 6.45) is 0.960.